The molecule has 0 aliphatic carbocycles. The molecule has 2 aromatic carbocycles. The lowest BCUT2D eigenvalue weighted by Crippen LogP contribution is -2.30. The molecule has 28 heavy (non-hydrogen) atoms. The Labute approximate surface area is 169 Å². The number of nitrogens with zero attached hydrogens (tertiary/aromatic N) is 1. The highest BCUT2D eigenvalue weighted by atomic mass is 35.5. The number of para-hydroxylation sites is 1. The Kier molecular flexibility index (Phi) is 5.50. The number of amides is 2. The van der Waals surface area contributed by atoms with Gasteiger partial charge in [0.2, 0.25) is 15.9 Å². The quantitative estimate of drug-likeness (QED) is 0.809. The van der Waals surface area contributed by atoms with Crippen molar-refractivity contribution < 1.29 is 18.0 Å². The molecule has 3 rings (SSSR count). The van der Waals surface area contributed by atoms with Gasteiger partial charge < -0.3 is 5.32 Å². The van der Waals surface area contributed by atoms with E-state index in [9.17, 15) is 18.0 Å². The molecule has 0 bridgehead atoms. The van der Waals surface area contributed by atoms with Crippen molar-refractivity contribution in [2.45, 2.75) is 26.7 Å². The number of hydrogen-bond donors (Lipinski definition) is 1. The second-order valence-electron chi connectivity index (χ2n) is 7.14. The van der Waals surface area contributed by atoms with Crippen molar-refractivity contribution in [1.29, 1.82) is 0 Å². The molecular formula is C20H21ClN2O4S. The number of hydrogen-bond acceptors (Lipinski definition) is 4. The van der Waals surface area contributed by atoms with Crippen molar-refractivity contribution in [1.82, 2.24) is 0 Å². The van der Waals surface area contributed by atoms with Gasteiger partial charge in [-0.2, -0.15) is 0 Å². The molecule has 1 N–H and O–H groups in total. The number of anilines is 2. The zero-order valence-electron chi connectivity index (χ0n) is 15.8. The van der Waals surface area contributed by atoms with Gasteiger partial charge >= 0.3 is 0 Å². The molecule has 2 aromatic rings. The third kappa shape index (κ3) is 3.77. The highest BCUT2D eigenvalue weighted by Gasteiger charge is 2.42. The van der Waals surface area contributed by atoms with Gasteiger partial charge in [-0.05, 0) is 35.7 Å². The molecule has 148 valence electrons. The van der Waals surface area contributed by atoms with Crippen LogP contribution in [0.3, 0.4) is 0 Å². The first-order chi connectivity index (χ1) is 13.1. The van der Waals surface area contributed by atoms with E-state index in [1.165, 1.54) is 18.2 Å². The van der Waals surface area contributed by atoms with Crippen molar-refractivity contribution in [3.8, 4) is 0 Å². The van der Waals surface area contributed by atoms with Gasteiger partial charge in [0.15, 0.2) is 0 Å². The molecule has 1 unspecified atom stereocenters. The van der Waals surface area contributed by atoms with Gasteiger partial charge in [-0.15, -0.1) is 0 Å². The summed E-state index contributed by atoms with van der Waals surface area (Å²) in [7, 11) is -3.76. The summed E-state index contributed by atoms with van der Waals surface area (Å²) in [6.07, 6.45) is 0. The molecule has 1 aliphatic rings. The fraction of sp³-hybridized carbons (Fsp3) is 0.300. The van der Waals surface area contributed by atoms with E-state index in [1.807, 2.05) is 32.0 Å². The molecule has 1 fully saturated rings. The standard InChI is InChI=1S/C20H21ClN2O4S/c1-12(2)15-6-4-5-7-18(15)22-19(24)16-10-14(8-9-17(16)21)23-20(25)13(3)11-28(23,26)27/h4-10,12-13H,11H2,1-3H3,(H,22,24). The molecule has 6 nitrogen and oxygen atoms in total. The lowest BCUT2D eigenvalue weighted by molar-refractivity contribution is -0.119. The first-order valence-corrected chi connectivity index (χ1v) is 10.9. The van der Waals surface area contributed by atoms with Crippen LogP contribution in [0.5, 0.6) is 0 Å². The summed E-state index contributed by atoms with van der Waals surface area (Å²) in [5.74, 6) is -1.67. The predicted octanol–water partition coefficient (Wildman–Crippen LogP) is 4.03. The number of rotatable bonds is 4. The Morgan fingerprint density at radius 3 is 2.50 bits per heavy atom. The Bertz CT molecular complexity index is 1050. The number of carbonyl (C=O) groups excluding carboxylic acids is 2. The van der Waals surface area contributed by atoms with Crippen molar-refractivity contribution >= 4 is 44.8 Å². The van der Waals surface area contributed by atoms with E-state index in [1.54, 1.807) is 13.0 Å². The fourth-order valence-electron chi connectivity index (χ4n) is 3.20. The van der Waals surface area contributed by atoms with Crippen LogP contribution < -0.4 is 9.62 Å². The normalized spacial score (nSPS) is 18.5. The van der Waals surface area contributed by atoms with Crippen molar-refractivity contribution in [2.75, 3.05) is 15.4 Å². The van der Waals surface area contributed by atoms with Gasteiger partial charge in [0.1, 0.15) is 0 Å². The maximum absolute atomic E-state index is 12.8. The maximum Gasteiger partial charge on any atom is 0.257 e. The molecule has 0 saturated carbocycles. The monoisotopic (exact) mass is 420 g/mol. The van der Waals surface area contributed by atoms with Crippen LogP contribution in [0.1, 0.15) is 42.6 Å². The summed E-state index contributed by atoms with van der Waals surface area (Å²) < 4.78 is 25.4. The molecule has 0 radical (unpaired) electrons. The van der Waals surface area contributed by atoms with Crippen LogP contribution in [-0.4, -0.2) is 26.0 Å². The van der Waals surface area contributed by atoms with Crippen LogP contribution in [0.4, 0.5) is 11.4 Å². The first-order valence-electron chi connectivity index (χ1n) is 8.88. The van der Waals surface area contributed by atoms with Gasteiger partial charge in [0.25, 0.3) is 5.91 Å². The summed E-state index contributed by atoms with van der Waals surface area (Å²) in [6.45, 7) is 5.60. The van der Waals surface area contributed by atoms with E-state index in [0.717, 1.165) is 9.87 Å². The number of carbonyl (C=O) groups is 2. The molecule has 1 aliphatic heterocycles. The van der Waals surface area contributed by atoms with Gasteiger partial charge in [-0.25, -0.2) is 12.7 Å². The van der Waals surface area contributed by atoms with Crippen molar-refractivity contribution in [3.63, 3.8) is 0 Å². The first kappa shape index (κ1) is 20.4. The third-order valence-corrected chi connectivity index (χ3v) is 6.82. The molecule has 1 atom stereocenters. The molecule has 1 heterocycles. The van der Waals surface area contributed by atoms with Gasteiger partial charge in [-0.1, -0.05) is 50.6 Å². The van der Waals surface area contributed by atoms with Crippen LogP contribution >= 0.6 is 11.6 Å². The van der Waals surface area contributed by atoms with Crippen LogP contribution in [0.2, 0.25) is 5.02 Å². The average molecular weight is 421 g/mol. The van der Waals surface area contributed by atoms with E-state index in [-0.39, 0.29) is 27.9 Å². The molecule has 0 spiro atoms. The minimum atomic E-state index is -3.76. The summed E-state index contributed by atoms with van der Waals surface area (Å²) in [5.41, 5.74) is 1.83. The number of benzene rings is 2. The van der Waals surface area contributed by atoms with Gasteiger partial charge in [-0.3, -0.25) is 9.59 Å². The zero-order valence-corrected chi connectivity index (χ0v) is 17.3. The largest absolute Gasteiger partial charge is 0.322 e. The van der Waals surface area contributed by atoms with E-state index in [2.05, 4.69) is 5.32 Å². The Balaban J connectivity index is 1.97. The Morgan fingerprint density at radius 2 is 1.89 bits per heavy atom. The van der Waals surface area contributed by atoms with Crippen molar-refractivity contribution in [2.24, 2.45) is 5.92 Å². The van der Waals surface area contributed by atoms with Gasteiger partial charge in [0, 0.05) is 5.69 Å². The second-order valence-corrected chi connectivity index (χ2v) is 9.41. The van der Waals surface area contributed by atoms with Crippen LogP contribution in [0, 0.1) is 5.92 Å². The maximum atomic E-state index is 12.8. The Morgan fingerprint density at radius 1 is 1.21 bits per heavy atom. The molecular weight excluding hydrogens is 400 g/mol. The van der Waals surface area contributed by atoms with E-state index < -0.39 is 27.8 Å². The third-order valence-electron chi connectivity index (χ3n) is 4.62. The highest BCUT2D eigenvalue weighted by molar-refractivity contribution is 7.94. The van der Waals surface area contributed by atoms with Crippen LogP contribution in [0.25, 0.3) is 0 Å². The molecule has 0 aromatic heterocycles. The number of sulfonamides is 1. The Hall–Kier alpha value is -2.38. The fourth-order valence-corrected chi connectivity index (χ4v) is 5.22. The second kappa shape index (κ2) is 7.56. The number of nitrogens with one attached hydrogen (secondary N) is 1. The molecule has 2 amide bonds. The van der Waals surface area contributed by atoms with E-state index in [0.29, 0.717) is 5.69 Å². The van der Waals surface area contributed by atoms with Crippen LogP contribution in [0.15, 0.2) is 42.5 Å². The minimum Gasteiger partial charge on any atom is -0.322 e. The topological polar surface area (TPSA) is 83.6 Å². The lowest BCUT2D eigenvalue weighted by atomic mass is 10.0. The SMILES string of the molecule is CC1CS(=O)(=O)N(c2ccc(Cl)c(C(=O)Nc3ccccc3C(C)C)c2)C1=O. The summed E-state index contributed by atoms with van der Waals surface area (Å²) in [6, 6.07) is 11.6. The summed E-state index contributed by atoms with van der Waals surface area (Å²) in [4.78, 5) is 25.1. The average Bonchev–Trinajstić information content (AvgIpc) is 2.83. The molecule has 1 saturated heterocycles. The van der Waals surface area contributed by atoms with Crippen molar-refractivity contribution in [3.05, 3.63) is 58.6 Å². The van der Waals surface area contributed by atoms with Crippen LogP contribution in [-0.2, 0) is 14.8 Å². The predicted molar refractivity (Wildman–Crippen MR) is 110 cm³/mol. The highest BCUT2D eigenvalue weighted by Crippen LogP contribution is 2.32. The lowest BCUT2D eigenvalue weighted by Gasteiger charge is -2.18. The molecule has 8 heteroatoms. The van der Waals surface area contributed by atoms with E-state index >= 15 is 0 Å². The summed E-state index contributed by atoms with van der Waals surface area (Å²) in [5, 5.41) is 3.00. The minimum absolute atomic E-state index is 0.0975. The summed E-state index contributed by atoms with van der Waals surface area (Å²) >= 11 is 6.19. The smallest absolute Gasteiger partial charge is 0.257 e. The van der Waals surface area contributed by atoms with E-state index in [4.69, 9.17) is 11.6 Å². The number of halogens is 1. The van der Waals surface area contributed by atoms with Gasteiger partial charge in [0.05, 0.1) is 27.9 Å². The zero-order chi connectivity index (χ0) is 20.6.